The van der Waals surface area contributed by atoms with E-state index in [1.807, 2.05) is 42.9 Å². The molecule has 0 saturated heterocycles. The van der Waals surface area contributed by atoms with Gasteiger partial charge in [0.1, 0.15) is 0 Å². The number of aromatic nitrogens is 2. The van der Waals surface area contributed by atoms with Crippen molar-refractivity contribution in [3.8, 4) is 0 Å². The van der Waals surface area contributed by atoms with E-state index >= 15 is 0 Å². The highest BCUT2D eigenvalue weighted by molar-refractivity contribution is 9.11. The second-order valence-electron chi connectivity index (χ2n) is 4.47. The minimum atomic E-state index is -0.179. The fraction of sp³-hybridized carbons (Fsp3) is 0.200. The fourth-order valence-corrected chi connectivity index (χ4v) is 2.94. The number of amides is 1. The summed E-state index contributed by atoms with van der Waals surface area (Å²) in [4.78, 5) is 12.0. The number of nitrogens with zero attached hydrogens (tertiary/aromatic N) is 2. The Morgan fingerprint density at radius 3 is 2.81 bits per heavy atom. The molecule has 21 heavy (non-hydrogen) atoms. The van der Waals surface area contributed by atoms with Gasteiger partial charge < -0.3 is 5.32 Å². The van der Waals surface area contributed by atoms with Crippen molar-refractivity contribution in [2.24, 2.45) is 0 Å². The minimum Gasteiger partial charge on any atom is -0.321 e. The second-order valence-corrected chi connectivity index (χ2v) is 6.24. The van der Waals surface area contributed by atoms with Crippen LogP contribution >= 0.6 is 31.9 Å². The Bertz CT molecular complexity index is 692. The fourth-order valence-electron chi connectivity index (χ4n) is 1.79. The van der Waals surface area contributed by atoms with Crippen molar-refractivity contribution in [2.75, 3.05) is 5.32 Å². The summed E-state index contributed by atoms with van der Waals surface area (Å²) in [5, 5.41) is 7.16. The van der Waals surface area contributed by atoms with Gasteiger partial charge in [0.2, 0.25) is 5.91 Å². The summed E-state index contributed by atoms with van der Waals surface area (Å²) in [6.45, 7) is 4.76. The molecule has 0 saturated carbocycles. The SMILES string of the molecule is CCn1cc(/C=C\C(=O)Nc2ccc(Br)cc2Br)c(C)n1. The maximum absolute atomic E-state index is 12.0. The molecular formula is C15H15Br2N3O. The van der Waals surface area contributed by atoms with Gasteiger partial charge in [-0.2, -0.15) is 5.10 Å². The molecule has 2 aromatic rings. The number of benzene rings is 1. The van der Waals surface area contributed by atoms with Gasteiger partial charge in [0.05, 0.1) is 11.4 Å². The third-order valence-electron chi connectivity index (χ3n) is 2.91. The lowest BCUT2D eigenvalue weighted by Crippen LogP contribution is -2.08. The summed E-state index contributed by atoms with van der Waals surface area (Å²) in [5.41, 5.74) is 2.58. The third-order valence-corrected chi connectivity index (χ3v) is 4.06. The predicted octanol–water partition coefficient (Wildman–Crippen LogP) is 4.39. The normalized spacial score (nSPS) is 11.0. The average molecular weight is 413 g/mol. The average Bonchev–Trinajstić information content (AvgIpc) is 2.80. The molecule has 4 nitrogen and oxygen atoms in total. The Morgan fingerprint density at radius 2 is 2.19 bits per heavy atom. The lowest BCUT2D eigenvalue weighted by atomic mass is 10.2. The summed E-state index contributed by atoms with van der Waals surface area (Å²) < 4.78 is 3.62. The van der Waals surface area contributed by atoms with Crippen LogP contribution in [0.25, 0.3) is 6.08 Å². The Balaban J connectivity index is 2.07. The molecule has 1 N–H and O–H groups in total. The predicted molar refractivity (Wildman–Crippen MR) is 92.1 cm³/mol. The Kier molecular flexibility index (Phi) is 5.36. The highest BCUT2D eigenvalue weighted by Crippen LogP contribution is 2.26. The number of hydrogen-bond donors (Lipinski definition) is 1. The topological polar surface area (TPSA) is 46.9 Å². The van der Waals surface area contributed by atoms with E-state index in [0.717, 1.165) is 32.4 Å². The zero-order chi connectivity index (χ0) is 15.4. The molecule has 0 aliphatic rings. The molecule has 0 atom stereocenters. The van der Waals surface area contributed by atoms with Gasteiger partial charge in [-0.15, -0.1) is 0 Å². The molecule has 2 rings (SSSR count). The first-order valence-electron chi connectivity index (χ1n) is 6.47. The summed E-state index contributed by atoms with van der Waals surface area (Å²) in [6, 6.07) is 5.59. The first kappa shape index (κ1) is 16.0. The number of carbonyl (C=O) groups excluding carboxylic acids is 1. The van der Waals surface area contributed by atoms with Crippen molar-refractivity contribution >= 4 is 49.5 Å². The number of nitrogens with one attached hydrogen (secondary N) is 1. The van der Waals surface area contributed by atoms with Gasteiger partial charge in [-0.1, -0.05) is 15.9 Å². The van der Waals surface area contributed by atoms with Crippen LogP contribution in [0.5, 0.6) is 0 Å². The van der Waals surface area contributed by atoms with Gasteiger partial charge in [0.15, 0.2) is 0 Å². The number of rotatable bonds is 4. The molecular weight excluding hydrogens is 398 g/mol. The largest absolute Gasteiger partial charge is 0.321 e. The summed E-state index contributed by atoms with van der Waals surface area (Å²) in [5.74, 6) is -0.179. The van der Waals surface area contributed by atoms with E-state index in [-0.39, 0.29) is 5.91 Å². The van der Waals surface area contributed by atoms with Gasteiger partial charge in [0, 0.05) is 33.3 Å². The molecule has 0 aliphatic heterocycles. The van der Waals surface area contributed by atoms with Crippen LogP contribution < -0.4 is 5.32 Å². The smallest absolute Gasteiger partial charge is 0.248 e. The Hall–Kier alpha value is -1.40. The third kappa shape index (κ3) is 4.28. The van der Waals surface area contributed by atoms with Gasteiger partial charge in [0.25, 0.3) is 0 Å². The van der Waals surface area contributed by atoms with Crippen molar-refractivity contribution in [3.05, 3.63) is 50.7 Å². The maximum Gasteiger partial charge on any atom is 0.248 e. The molecule has 1 heterocycles. The van der Waals surface area contributed by atoms with Crippen molar-refractivity contribution in [1.82, 2.24) is 9.78 Å². The lowest BCUT2D eigenvalue weighted by Gasteiger charge is -2.05. The zero-order valence-electron chi connectivity index (χ0n) is 11.7. The van der Waals surface area contributed by atoms with Crippen LogP contribution in [0.3, 0.4) is 0 Å². The monoisotopic (exact) mass is 411 g/mol. The van der Waals surface area contributed by atoms with Crippen LogP contribution in [0, 0.1) is 6.92 Å². The van der Waals surface area contributed by atoms with E-state index in [4.69, 9.17) is 0 Å². The van der Waals surface area contributed by atoms with Crippen LogP contribution in [0.1, 0.15) is 18.2 Å². The number of hydrogen-bond acceptors (Lipinski definition) is 2. The molecule has 0 aliphatic carbocycles. The summed E-state index contributed by atoms with van der Waals surface area (Å²) in [6.07, 6.45) is 5.21. The van der Waals surface area contributed by atoms with E-state index in [9.17, 15) is 4.79 Å². The van der Waals surface area contributed by atoms with E-state index in [2.05, 4.69) is 42.3 Å². The summed E-state index contributed by atoms with van der Waals surface area (Å²) >= 11 is 6.79. The van der Waals surface area contributed by atoms with E-state index in [0.29, 0.717) is 0 Å². The molecule has 0 radical (unpaired) electrons. The zero-order valence-corrected chi connectivity index (χ0v) is 14.9. The number of carbonyl (C=O) groups is 1. The quantitative estimate of drug-likeness (QED) is 0.757. The Morgan fingerprint density at radius 1 is 1.43 bits per heavy atom. The van der Waals surface area contributed by atoms with Crippen LogP contribution in [0.2, 0.25) is 0 Å². The first-order valence-corrected chi connectivity index (χ1v) is 8.06. The highest BCUT2D eigenvalue weighted by Gasteiger charge is 2.05. The molecule has 110 valence electrons. The van der Waals surface area contributed by atoms with Crippen molar-refractivity contribution in [3.63, 3.8) is 0 Å². The molecule has 0 spiro atoms. The van der Waals surface area contributed by atoms with Crippen LogP contribution in [0.4, 0.5) is 5.69 Å². The molecule has 1 aromatic heterocycles. The number of anilines is 1. The minimum absolute atomic E-state index is 0.179. The first-order chi connectivity index (χ1) is 9.99. The molecule has 1 amide bonds. The number of aryl methyl sites for hydroxylation is 2. The van der Waals surface area contributed by atoms with Gasteiger partial charge in [-0.25, -0.2) is 0 Å². The van der Waals surface area contributed by atoms with Gasteiger partial charge in [-0.3, -0.25) is 9.48 Å². The maximum atomic E-state index is 12.0. The van der Waals surface area contributed by atoms with Crippen LogP contribution in [0.15, 0.2) is 39.4 Å². The standard InChI is InChI=1S/C15H15Br2N3O/c1-3-20-9-11(10(2)19-20)4-7-15(21)18-14-6-5-12(16)8-13(14)17/h4-9H,3H2,1-2H3,(H,18,21)/b7-4-. The molecule has 6 heteroatoms. The van der Waals surface area contributed by atoms with Crippen LogP contribution in [-0.2, 0) is 11.3 Å². The van der Waals surface area contributed by atoms with Crippen LogP contribution in [-0.4, -0.2) is 15.7 Å². The van der Waals surface area contributed by atoms with E-state index < -0.39 is 0 Å². The van der Waals surface area contributed by atoms with E-state index in [1.165, 1.54) is 6.08 Å². The van der Waals surface area contributed by atoms with Gasteiger partial charge in [-0.05, 0) is 54.1 Å². The molecule has 0 bridgehead atoms. The van der Waals surface area contributed by atoms with E-state index in [1.54, 1.807) is 6.08 Å². The van der Waals surface area contributed by atoms with Crippen molar-refractivity contribution < 1.29 is 4.79 Å². The summed E-state index contributed by atoms with van der Waals surface area (Å²) in [7, 11) is 0. The molecule has 0 fully saturated rings. The van der Waals surface area contributed by atoms with Crippen molar-refractivity contribution in [1.29, 1.82) is 0 Å². The Labute approximate surface area is 140 Å². The molecule has 0 unspecified atom stereocenters. The molecule has 1 aromatic carbocycles. The number of halogens is 2. The van der Waals surface area contributed by atoms with Crippen molar-refractivity contribution in [2.45, 2.75) is 20.4 Å². The highest BCUT2D eigenvalue weighted by atomic mass is 79.9. The lowest BCUT2D eigenvalue weighted by molar-refractivity contribution is -0.111. The van der Waals surface area contributed by atoms with Gasteiger partial charge >= 0.3 is 0 Å². The second kappa shape index (κ2) is 7.04.